The van der Waals surface area contributed by atoms with E-state index in [1.165, 1.54) is 6.07 Å². The van der Waals surface area contributed by atoms with Crippen LogP contribution in [0.4, 0.5) is 0 Å². The first-order valence-corrected chi connectivity index (χ1v) is 5.36. The lowest BCUT2D eigenvalue weighted by molar-refractivity contribution is 0.0824. The summed E-state index contributed by atoms with van der Waals surface area (Å²) in [5.74, 6) is -0.368. The number of ketones is 1. The zero-order valence-corrected chi connectivity index (χ0v) is 9.25. The third-order valence-corrected chi connectivity index (χ3v) is 2.80. The van der Waals surface area contributed by atoms with Crippen LogP contribution in [0.15, 0.2) is 18.2 Å². The number of hydrogen-bond acceptors (Lipinski definition) is 3. The van der Waals surface area contributed by atoms with Crippen LogP contribution in [0.5, 0.6) is 0 Å². The standard InChI is InChI=1S/C11H11ClN2O2/c12-6-1-2-7-8(5-6)11(16)14-9(3-4-13)10(7)15/h1-2,5,9H,3-4,13H2,(H,14,16)/t9-/m0/s1. The molecule has 0 bridgehead atoms. The Labute approximate surface area is 97.8 Å². The number of amides is 1. The minimum absolute atomic E-state index is 0.100. The highest BCUT2D eigenvalue weighted by Gasteiger charge is 2.31. The second-order valence-corrected chi connectivity index (χ2v) is 4.09. The summed E-state index contributed by atoms with van der Waals surface area (Å²) in [4.78, 5) is 23.7. The smallest absolute Gasteiger partial charge is 0.252 e. The van der Waals surface area contributed by atoms with Gasteiger partial charge in [0.2, 0.25) is 0 Å². The number of benzene rings is 1. The summed E-state index contributed by atoms with van der Waals surface area (Å²) in [7, 11) is 0. The van der Waals surface area contributed by atoms with Gasteiger partial charge in [-0.1, -0.05) is 11.6 Å². The third kappa shape index (κ3) is 1.81. The van der Waals surface area contributed by atoms with Crippen LogP contribution in [0.3, 0.4) is 0 Å². The quantitative estimate of drug-likeness (QED) is 0.807. The van der Waals surface area contributed by atoms with Crippen LogP contribution in [0.1, 0.15) is 27.1 Å². The number of fused-ring (bicyclic) bond motifs is 1. The van der Waals surface area contributed by atoms with Crippen molar-refractivity contribution >= 4 is 23.3 Å². The SMILES string of the molecule is NCC[C@@H]1NC(=O)c2cc(Cl)ccc2C1=O. The molecule has 0 unspecified atom stereocenters. The van der Waals surface area contributed by atoms with E-state index < -0.39 is 6.04 Å². The molecule has 1 heterocycles. The fraction of sp³-hybridized carbons (Fsp3) is 0.273. The van der Waals surface area contributed by atoms with Gasteiger partial charge in [-0.3, -0.25) is 9.59 Å². The molecule has 1 aliphatic heterocycles. The van der Waals surface area contributed by atoms with Crippen LogP contribution in [0, 0.1) is 0 Å². The molecule has 1 atom stereocenters. The van der Waals surface area contributed by atoms with E-state index in [0.29, 0.717) is 29.1 Å². The summed E-state index contributed by atoms with van der Waals surface area (Å²) in [6, 6.07) is 4.19. The molecule has 0 fully saturated rings. The van der Waals surface area contributed by atoms with E-state index in [-0.39, 0.29) is 11.7 Å². The van der Waals surface area contributed by atoms with Gasteiger partial charge in [-0.05, 0) is 31.2 Å². The zero-order valence-electron chi connectivity index (χ0n) is 8.50. The maximum absolute atomic E-state index is 12.0. The van der Waals surface area contributed by atoms with Crippen LogP contribution < -0.4 is 11.1 Å². The first-order valence-electron chi connectivity index (χ1n) is 4.98. The van der Waals surface area contributed by atoms with Gasteiger partial charge in [-0.25, -0.2) is 0 Å². The molecule has 0 spiro atoms. The third-order valence-electron chi connectivity index (χ3n) is 2.57. The molecular weight excluding hydrogens is 228 g/mol. The number of nitrogens with one attached hydrogen (secondary N) is 1. The van der Waals surface area contributed by atoms with Crippen LogP contribution in [-0.2, 0) is 0 Å². The molecule has 1 amide bonds. The highest BCUT2D eigenvalue weighted by molar-refractivity contribution is 6.31. The fourth-order valence-electron chi connectivity index (χ4n) is 1.78. The minimum atomic E-state index is -0.508. The van der Waals surface area contributed by atoms with Crippen molar-refractivity contribution in [1.82, 2.24) is 5.32 Å². The second kappa shape index (κ2) is 4.23. The molecule has 1 aliphatic rings. The van der Waals surface area contributed by atoms with Crippen LogP contribution >= 0.6 is 11.6 Å². The van der Waals surface area contributed by atoms with Crippen molar-refractivity contribution in [1.29, 1.82) is 0 Å². The molecule has 84 valence electrons. The van der Waals surface area contributed by atoms with Crippen molar-refractivity contribution in [3.05, 3.63) is 34.3 Å². The van der Waals surface area contributed by atoms with E-state index in [4.69, 9.17) is 17.3 Å². The largest absolute Gasteiger partial charge is 0.342 e. The first kappa shape index (κ1) is 11.1. The first-order chi connectivity index (χ1) is 7.63. The summed E-state index contributed by atoms with van der Waals surface area (Å²) in [5.41, 5.74) is 6.15. The second-order valence-electron chi connectivity index (χ2n) is 3.66. The van der Waals surface area contributed by atoms with E-state index in [9.17, 15) is 9.59 Å². The van der Waals surface area contributed by atoms with Gasteiger partial charge in [0.25, 0.3) is 5.91 Å². The highest BCUT2D eigenvalue weighted by Crippen LogP contribution is 2.21. The van der Waals surface area contributed by atoms with Gasteiger partial charge in [0.05, 0.1) is 11.6 Å². The van der Waals surface area contributed by atoms with Crippen molar-refractivity contribution < 1.29 is 9.59 Å². The Hall–Kier alpha value is -1.39. The monoisotopic (exact) mass is 238 g/mol. The van der Waals surface area contributed by atoms with Gasteiger partial charge in [0.15, 0.2) is 5.78 Å². The molecule has 0 saturated heterocycles. The Morgan fingerprint density at radius 1 is 1.31 bits per heavy atom. The molecule has 0 aromatic heterocycles. The van der Waals surface area contributed by atoms with Gasteiger partial charge >= 0.3 is 0 Å². The maximum atomic E-state index is 12.0. The van der Waals surface area contributed by atoms with Gasteiger partial charge in [0, 0.05) is 10.6 Å². The van der Waals surface area contributed by atoms with Gasteiger partial charge in [-0.2, -0.15) is 0 Å². The summed E-state index contributed by atoms with van der Waals surface area (Å²) in [6.45, 7) is 0.361. The number of hydrogen-bond donors (Lipinski definition) is 2. The Balaban J connectivity index is 2.43. The number of Topliss-reactive ketones (excluding diaryl/α,β-unsaturated/α-hetero) is 1. The molecule has 0 saturated carbocycles. The molecule has 3 N–H and O–H groups in total. The molecule has 0 aliphatic carbocycles. The molecule has 1 aromatic carbocycles. The molecule has 4 nitrogen and oxygen atoms in total. The maximum Gasteiger partial charge on any atom is 0.252 e. The Morgan fingerprint density at radius 2 is 2.06 bits per heavy atom. The normalized spacial score (nSPS) is 19.2. The fourth-order valence-corrected chi connectivity index (χ4v) is 1.95. The summed E-state index contributed by atoms with van der Waals surface area (Å²) in [6.07, 6.45) is 0.451. The summed E-state index contributed by atoms with van der Waals surface area (Å²) in [5, 5.41) is 3.07. The average Bonchev–Trinajstić information content (AvgIpc) is 2.26. The summed E-state index contributed by atoms with van der Waals surface area (Å²) >= 11 is 5.78. The lowest BCUT2D eigenvalue weighted by Crippen LogP contribution is -2.47. The van der Waals surface area contributed by atoms with Crippen LogP contribution in [0.25, 0.3) is 0 Å². The molecule has 0 radical (unpaired) electrons. The lowest BCUT2D eigenvalue weighted by Gasteiger charge is -2.23. The topological polar surface area (TPSA) is 72.2 Å². The zero-order chi connectivity index (χ0) is 11.7. The van der Waals surface area contributed by atoms with Gasteiger partial charge in [0.1, 0.15) is 0 Å². The highest BCUT2D eigenvalue weighted by atomic mass is 35.5. The van der Waals surface area contributed by atoms with Gasteiger partial charge < -0.3 is 11.1 Å². The van der Waals surface area contributed by atoms with Crippen LogP contribution in [0.2, 0.25) is 5.02 Å². The van der Waals surface area contributed by atoms with E-state index >= 15 is 0 Å². The molecular formula is C11H11ClN2O2. The molecule has 5 heteroatoms. The van der Waals surface area contributed by atoms with Gasteiger partial charge in [-0.15, -0.1) is 0 Å². The van der Waals surface area contributed by atoms with Crippen molar-refractivity contribution in [3.63, 3.8) is 0 Å². The van der Waals surface area contributed by atoms with Crippen molar-refractivity contribution in [2.24, 2.45) is 5.73 Å². The Bertz CT molecular complexity index is 459. The predicted octanol–water partition coefficient (Wildman–Crippen LogP) is 0.983. The predicted molar refractivity (Wildman–Crippen MR) is 60.7 cm³/mol. The summed E-state index contributed by atoms with van der Waals surface area (Å²) < 4.78 is 0. The lowest BCUT2D eigenvalue weighted by atomic mass is 9.92. The van der Waals surface area contributed by atoms with E-state index in [1.54, 1.807) is 12.1 Å². The van der Waals surface area contributed by atoms with E-state index in [0.717, 1.165) is 0 Å². The number of rotatable bonds is 2. The van der Waals surface area contributed by atoms with Crippen molar-refractivity contribution in [2.75, 3.05) is 6.54 Å². The van der Waals surface area contributed by atoms with E-state index in [1.807, 2.05) is 0 Å². The average molecular weight is 239 g/mol. The number of halogens is 1. The number of carbonyl (C=O) groups excluding carboxylic acids is 2. The van der Waals surface area contributed by atoms with Crippen molar-refractivity contribution in [3.8, 4) is 0 Å². The molecule has 1 aromatic rings. The number of carbonyl (C=O) groups is 2. The van der Waals surface area contributed by atoms with E-state index in [2.05, 4.69) is 5.32 Å². The Kier molecular flexibility index (Phi) is 2.94. The van der Waals surface area contributed by atoms with Crippen LogP contribution in [-0.4, -0.2) is 24.3 Å². The van der Waals surface area contributed by atoms with Crippen molar-refractivity contribution in [2.45, 2.75) is 12.5 Å². The Morgan fingerprint density at radius 3 is 2.75 bits per heavy atom. The molecule has 2 rings (SSSR count). The number of nitrogens with two attached hydrogens (primary N) is 1. The minimum Gasteiger partial charge on any atom is -0.342 e. The molecule has 16 heavy (non-hydrogen) atoms.